The summed E-state index contributed by atoms with van der Waals surface area (Å²) < 4.78 is 13.3. The number of carbonyl (C=O) groups excluding carboxylic acids is 2. The van der Waals surface area contributed by atoms with E-state index >= 15 is 0 Å². The van der Waals surface area contributed by atoms with Crippen LogP contribution in [-0.2, 0) is 14.4 Å². The van der Waals surface area contributed by atoms with E-state index in [9.17, 15) is 14.0 Å². The van der Waals surface area contributed by atoms with Crippen LogP contribution in [0, 0.1) is 11.7 Å². The number of hydroxylamine groups is 1. The smallest absolute Gasteiger partial charge is 0.259 e. The van der Waals surface area contributed by atoms with Crippen LogP contribution in [0.1, 0.15) is 11.6 Å². The number of anilines is 1. The van der Waals surface area contributed by atoms with Crippen molar-refractivity contribution in [2.75, 3.05) is 5.06 Å². The van der Waals surface area contributed by atoms with Gasteiger partial charge in [-0.25, -0.2) is 9.45 Å². The predicted molar refractivity (Wildman–Crippen MR) is 84.6 cm³/mol. The lowest BCUT2D eigenvalue weighted by atomic mass is 9.90. The maximum Gasteiger partial charge on any atom is 0.259 e. The SMILES string of the molecule is O=C1NC(=O)C2C1ON(c1ccc(Cl)cc1)C2c1ccc(F)cc1. The lowest BCUT2D eigenvalue weighted by Gasteiger charge is -2.27. The summed E-state index contributed by atoms with van der Waals surface area (Å²) in [5, 5.41) is 4.37. The predicted octanol–water partition coefficient (Wildman–Crippen LogP) is 2.61. The Morgan fingerprint density at radius 1 is 1.00 bits per heavy atom. The number of amides is 2. The summed E-state index contributed by atoms with van der Waals surface area (Å²) in [5.74, 6) is -1.93. The average Bonchev–Trinajstić information content (AvgIpc) is 3.08. The van der Waals surface area contributed by atoms with E-state index in [1.807, 2.05) is 0 Å². The molecule has 0 spiro atoms. The van der Waals surface area contributed by atoms with Crippen LogP contribution >= 0.6 is 11.6 Å². The van der Waals surface area contributed by atoms with E-state index in [2.05, 4.69) is 5.32 Å². The van der Waals surface area contributed by atoms with E-state index in [-0.39, 0.29) is 5.82 Å². The van der Waals surface area contributed by atoms with Gasteiger partial charge in [-0.1, -0.05) is 23.7 Å². The van der Waals surface area contributed by atoms with Crippen molar-refractivity contribution >= 4 is 29.1 Å². The largest absolute Gasteiger partial charge is 0.294 e. The number of benzene rings is 2. The quantitative estimate of drug-likeness (QED) is 0.849. The molecule has 3 atom stereocenters. The molecule has 2 aromatic carbocycles. The molecule has 3 unspecified atom stereocenters. The number of nitrogens with one attached hydrogen (secondary N) is 1. The molecule has 4 rings (SSSR count). The van der Waals surface area contributed by atoms with Crippen LogP contribution in [0.15, 0.2) is 48.5 Å². The fourth-order valence-corrected chi connectivity index (χ4v) is 3.27. The molecule has 122 valence electrons. The monoisotopic (exact) mass is 346 g/mol. The third kappa shape index (κ3) is 2.35. The zero-order chi connectivity index (χ0) is 16.8. The summed E-state index contributed by atoms with van der Waals surface area (Å²) in [5.41, 5.74) is 1.34. The Morgan fingerprint density at radius 3 is 2.33 bits per heavy atom. The highest BCUT2D eigenvalue weighted by Crippen LogP contribution is 2.44. The van der Waals surface area contributed by atoms with Gasteiger partial charge in [-0.2, -0.15) is 0 Å². The molecule has 2 fully saturated rings. The number of imide groups is 1. The second kappa shape index (κ2) is 5.58. The summed E-state index contributed by atoms with van der Waals surface area (Å²) in [6, 6.07) is 12.1. The first kappa shape index (κ1) is 15.1. The second-order valence-electron chi connectivity index (χ2n) is 5.70. The van der Waals surface area contributed by atoms with Gasteiger partial charge in [-0.3, -0.25) is 19.7 Å². The van der Waals surface area contributed by atoms with Crippen LogP contribution in [0.3, 0.4) is 0 Å². The summed E-state index contributed by atoms with van der Waals surface area (Å²) in [6.07, 6.45) is -0.900. The molecule has 2 aliphatic rings. The van der Waals surface area contributed by atoms with Crippen molar-refractivity contribution < 1.29 is 18.8 Å². The van der Waals surface area contributed by atoms with Gasteiger partial charge >= 0.3 is 0 Å². The molecule has 2 aliphatic heterocycles. The van der Waals surface area contributed by atoms with Gasteiger partial charge in [-0.05, 0) is 42.0 Å². The standard InChI is InChI=1S/C17H12ClFN2O3/c18-10-3-7-12(8-4-10)21-14(9-1-5-11(19)6-2-9)13-15(24-21)17(23)20-16(13)22/h1-8,13-15H,(H,20,22,23). The summed E-state index contributed by atoms with van der Waals surface area (Å²) in [4.78, 5) is 29.9. The number of fused-ring (bicyclic) bond motifs is 1. The van der Waals surface area contributed by atoms with Crippen LogP contribution < -0.4 is 10.4 Å². The molecule has 2 saturated heterocycles. The van der Waals surface area contributed by atoms with E-state index < -0.39 is 29.9 Å². The first-order chi connectivity index (χ1) is 11.5. The fraction of sp³-hybridized carbons (Fsp3) is 0.176. The maximum absolute atomic E-state index is 13.3. The van der Waals surface area contributed by atoms with E-state index in [0.29, 0.717) is 16.3 Å². The van der Waals surface area contributed by atoms with Crippen molar-refractivity contribution in [3.8, 4) is 0 Å². The molecule has 24 heavy (non-hydrogen) atoms. The Bertz CT molecular complexity index is 810. The number of carbonyl (C=O) groups is 2. The van der Waals surface area contributed by atoms with Gasteiger partial charge in [-0.15, -0.1) is 0 Å². The maximum atomic E-state index is 13.3. The van der Waals surface area contributed by atoms with Crippen molar-refractivity contribution in [3.63, 3.8) is 0 Å². The normalized spacial score (nSPS) is 25.8. The van der Waals surface area contributed by atoms with Gasteiger partial charge < -0.3 is 0 Å². The van der Waals surface area contributed by atoms with Crippen LogP contribution in [-0.4, -0.2) is 17.9 Å². The van der Waals surface area contributed by atoms with Crippen LogP contribution in [0.2, 0.25) is 5.02 Å². The zero-order valence-electron chi connectivity index (χ0n) is 12.3. The average molecular weight is 347 g/mol. The van der Waals surface area contributed by atoms with E-state index in [4.69, 9.17) is 16.4 Å². The molecular weight excluding hydrogens is 335 g/mol. The summed E-state index contributed by atoms with van der Waals surface area (Å²) in [7, 11) is 0. The van der Waals surface area contributed by atoms with Gasteiger partial charge in [0, 0.05) is 5.02 Å². The molecule has 7 heteroatoms. The number of hydrogen-bond donors (Lipinski definition) is 1. The molecule has 0 aliphatic carbocycles. The highest BCUT2D eigenvalue weighted by molar-refractivity contribution is 6.30. The van der Waals surface area contributed by atoms with E-state index in [0.717, 1.165) is 0 Å². The minimum absolute atomic E-state index is 0.376. The highest BCUT2D eigenvalue weighted by atomic mass is 35.5. The van der Waals surface area contributed by atoms with Gasteiger partial charge in [0.25, 0.3) is 5.91 Å². The van der Waals surface area contributed by atoms with Crippen LogP contribution in [0.25, 0.3) is 0 Å². The molecule has 0 saturated carbocycles. The van der Waals surface area contributed by atoms with E-state index in [1.165, 1.54) is 17.2 Å². The Kier molecular flexibility index (Phi) is 3.51. The Hall–Kier alpha value is -2.44. The highest BCUT2D eigenvalue weighted by Gasteiger charge is 2.56. The van der Waals surface area contributed by atoms with Gasteiger partial charge in [0.05, 0.1) is 11.7 Å². The molecular formula is C17H12ClFN2O3. The van der Waals surface area contributed by atoms with Gasteiger partial charge in [0.2, 0.25) is 5.91 Å². The van der Waals surface area contributed by atoms with Crippen LogP contribution in [0.4, 0.5) is 10.1 Å². The van der Waals surface area contributed by atoms with Crippen molar-refractivity contribution in [1.29, 1.82) is 0 Å². The number of halogens is 2. The summed E-state index contributed by atoms with van der Waals surface area (Å²) in [6.45, 7) is 0. The Morgan fingerprint density at radius 2 is 1.67 bits per heavy atom. The number of nitrogens with zero attached hydrogens (tertiary/aromatic N) is 1. The Balaban J connectivity index is 1.79. The third-order valence-corrected chi connectivity index (χ3v) is 4.50. The van der Waals surface area contributed by atoms with Crippen molar-refractivity contribution in [2.24, 2.45) is 5.92 Å². The molecule has 2 aromatic rings. The molecule has 1 N–H and O–H groups in total. The minimum Gasteiger partial charge on any atom is -0.294 e. The molecule has 5 nitrogen and oxygen atoms in total. The molecule has 2 amide bonds. The fourth-order valence-electron chi connectivity index (χ4n) is 3.14. The first-order valence-corrected chi connectivity index (χ1v) is 7.74. The number of rotatable bonds is 2. The topological polar surface area (TPSA) is 58.6 Å². The Labute approximate surface area is 141 Å². The molecule has 0 radical (unpaired) electrons. The van der Waals surface area contributed by atoms with Gasteiger partial charge in [0.15, 0.2) is 6.10 Å². The summed E-state index contributed by atoms with van der Waals surface area (Å²) >= 11 is 5.91. The van der Waals surface area contributed by atoms with Gasteiger partial charge in [0.1, 0.15) is 11.7 Å². The minimum atomic E-state index is -0.900. The second-order valence-corrected chi connectivity index (χ2v) is 6.14. The van der Waals surface area contributed by atoms with E-state index in [1.54, 1.807) is 36.4 Å². The van der Waals surface area contributed by atoms with Crippen molar-refractivity contribution in [2.45, 2.75) is 12.1 Å². The molecule has 2 heterocycles. The third-order valence-electron chi connectivity index (χ3n) is 4.25. The lowest BCUT2D eigenvalue weighted by molar-refractivity contribution is -0.129. The first-order valence-electron chi connectivity index (χ1n) is 7.36. The van der Waals surface area contributed by atoms with Crippen LogP contribution in [0.5, 0.6) is 0 Å². The molecule has 0 aromatic heterocycles. The molecule has 0 bridgehead atoms. The lowest BCUT2D eigenvalue weighted by Crippen LogP contribution is -2.33. The zero-order valence-corrected chi connectivity index (χ0v) is 13.0. The van der Waals surface area contributed by atoms with Crippen molar-refractivity contribution in [1.82, 2.24) is 5.32 Å². The van der Waals surface area contributed by atoms with Crippen molar-refractivity contribution in [3.05, 3.63) is 64.9 Å². The number of hydrogen-bond acceptors (Lipinski definition) is 4.